The van der Waals surface area contributed by atoms with Gasteiger partial charge in [0.25, 0.3) is 0 Å². The minimum atomic E-state index is 0. The van der Waals surface area contributed by atoms with Gasteiger partial charge in [0.05, 0.1) is 12.8 Å². The zero-order valence-corrected chi connectivity index (χ0v) is 18.0. The maximum absolute atomic E-state index is 5.97. The molecule has 0 atom stereocenters. The van der Waals surface area contributed by atoms with Crippen molar-refractivity contribution in [2.45, 2.75) is 51.1 Å². The summed E-state index contributed by atoms with van der Waals surface area (Å²) in [6.45, 7) is 0.822. The van der Waals surface area contributed by atoms with Gasteiger partial charge < -0.3 is 14.8 Å². The van der Waals surface area contributed by atoms with Crippen LogP contribution >= 0.6 is 12.4 Å². The monoisotopic (exact) mass is 429 g/mol. The van der Waals surface area contributed by atoms with E-state index in [1.807, 2.05) is 42.5 Å². The number of halogens is 1. The second-order valence-corrected chi connectivity index (χ2v) is 7.37. The van der Waals surface area contributed by atoms with Crippen LogP contribution in [0.25, 0.3) is 5.69 Å². The standard InChI is InChI=1S/C22H27N5O2.ClH/c1-28-21-15-17(16-23-18-9-5-2-3-6-10-18)13-14-20(21)29-22-24-25-26-27(22)19-11-7-4-8-12-19;/h4,7-8,11-15,18,23H,2-3,5-6,9-10,16H2,1H3;1H. The zero-order chi connectivity index (χ0) is 19.9. The molecule has 1 heterocycles. The first-order valence-corrected chi connectivity index (χ1v) is 10.3. The van der Waals surface area contributed by atoms with Gasteiger partial charge in [0.15, 0.2) is 11.5 Å². The number of hydrogen-bond donors (Lipinski definition) is 1. The Balaban J connectivity index is 0.00000256. The molecule has 0 amide bonds. The molecule has 3 aromatic rings. The molecule has 30 heavy (non-hydrogen) atoms. The highest BCUT2D eigenvalue weighted by Gasteiger charge is 2.15. The molecule has 0 radical (unpaired) electrons. The van der Waals surface area contributed by atoms with Crippen LogP contribution in [0.3, 0.4) is 0 Å². The topological polar surface area (TPSA) is 74.1 Å². The Hall–Kier alpha value is -2.64. The molecule has 0 spiro atoms. The average molecular weight is 430 g/mol. The summed E-state index contributed by atoms with van der Waals surface area (Å²) in [5, 5.41) is 15.5. The van der Waals surface area contributed by atoms with Crippen molar-refractivity contribution in [3.63, 3.8) is 0 Å². The Labute approximate surface area is 183 Å². The van der Waals surface area contributed by atoms with E-state index < -0.39 is 0 Å². The molecule has 1 fully saturated rings. The van der Waals surface area contributed by atoms with E-state index in [4.69, 9.17) is 9.47 Å². The summed E-state index contributed by atoms with van der Waals surface area (Å²) >= 11 is 0. The van der Waals surface area contributed by atoms with Crippen LogP contribution < -0.4 is 14.8 Å². The van der Waals surface area contributed by atoms with E-state index in [1.165, 1.54) is 44.1 Å². The highest BCUT2D eigenvalue weighted by Crippen LogP contribution is 2.32. The van der Waals surface area contributed by atoms with Crippen molar-refractivity contribution in [2.24, 2.45) is 0 Å². The minimum Gasteiger partial charge on any atom is -0.493 e. The van der Waals surface area contributed by atoms with Gasteiger partial charge in [0.1, 0.15) is 0 Å². The molecular formula is C22H28ClN5O2. The first-order valence-electron chi connectivity index (χ1n) is 10.3. The Kier molecular flexibility index (Phi) is 8.04. The second-order valence-electron chi connectivity index (χ2n) is 7.37. The summed E-state index contributed by atoms with van der Waals surface area (Å²) in [5.74, 6) is 1.24. The lowest BCUT2D eigenvalue weighted by atomic mass is 10.1. The van der Waals surface area contributed by atoms with Gasteiger partial charge in [0, 0.05) is 12.6 Å². The van der Waals surface area contributed by atoms with E-state index in [2.05, 4.69) is 26.9 Å². The van der Waals surface area contributed by atoms with Gasteiger partial charge in [-0.25, -0.2) is 0 Å². The molecule has 1 N–H and O–H groups in total. The highest BCUT2D eigenvalue weighted by molar-refractivity contribution is 5.85. The van der Waals surface area contributed by atoms with Gasteiger partial charge >= 0.3 is 6.01 Å². The third kappa shape index (κ3) is 5.49. The van der Waals surface area contributed by atoms with Crippen LogP contribution in [0.1, 0.15) is 44.1 Å². The summed E-state index contributed by atoms with van der Waals surface area (Å²) in [6.07, 6.45) is 7.90. The smallest absolute Gasteiger partial charge is 0.346 e. The Morgan fingerprint density at radius 3 is 2.50 bits per heavy atom. The third-order valence-electron chi connectivity index (χ3n) is 5.32. The van der Waals surface area contributed by atoms with Crippen LogP contribution in [-0.4, -0.2) is 33.4 Å². The Morgan fingerprint density at radius 2 is 1.77 bits per heavy atom. The van der Waals surface area contributed by atoms with E-state index in [9.17, 15) is 0 Å². The fraction of sp³-hybridized carbons (Fsp3) is 0.409. The molecular weight excluding hydrogens is 402 g/mol. The predicted molar refractivity (Wildman–Crippen MR) is 118 cm³/mol. The van der Waals surface area contributed by atoms with Crippen molar-refractivity contribution in [3.05, 3.63) is 54.1 Å². The highest BCUT2D eigenvalue weighted by atomic mass is 35.5. The fourth-order valence-electron chi connectivity index (χ4n) is 3.72. The van der Waals surface area contributed by atoms with Crippen molar-refractivity contribution in [1.29, 1.82) is 0 Å². The Bertz CT molecular complexity index is 911. The Morgan fingerprint density at radius 1 is 1.00 bits per heavy atom. The van der Waals surface area contributed by atoms with Crippen LogP contribution in [0.4, 0.5) is 0 Å². The van der Waals surface area contributed by atoms with Gasteiger partial charge in [-0.15, -0.1) is 12.4 Å². The molecule has 160 valence electrons. The molecule has 0 bridgehead atoms. The maximum Gasteiger partial charge on any atom is 0.346 e. The largest absolute Gasteiger partial charge is 0.493 e. The minimum absolute atomic E-state index is 0. The SMILES string of the molecule is COc1cc(CNC2CCCCCC2)ccc1Oc1nnnn1-c1ccccc1.Cl. The van der Waals surface area contributed by atoms with Crippen molar-refractivity contribution >= 4 is 12.4 Å². The van der Waals surface area contributed by atoms with E-state index in [0.29, 0.717) is 23.6 Å². The number of benzene rings is 2. The van der Waals surface area contributed by atoms with E-state index in [1.54, 1.807) is 11.8 Å². The molecule has 1 aromatic heterocycles. The quantitative estimate of drug-likeness (QED) is 0.549. The number of tetrazole rings is 1. The summed E-state index contributed by atoms with van der Waals surface area (Å²) < 4.78 is 13.1. The van der Waals surface area contributed by atoms with Gasteiger partial charge in [-0.3, -0.25) is 0 Å². The number of para-hydroxylation sites is 1. The average Bonchev–Trinajstić information content (AvgIpc) is 3.07. The molecule has 8 heteroatoms. The van der Waals surface area contributed by atoms with Crippen molar-refractivity contribution < 1.29 is 9.47 Å². The van der Waals surface area contributed by atoms with Crippen molar-refractivity contribution in [3.8, 4) is 23.2 Å². The number of methoxy groups -OCH3 is 1. The first-order chi connectivity index (χ1) is 14.3. The lowest BCUT2D eigenvalue weighted by Crippen LogP contribution is -2.27. The maximum atomic E-state index is 5.97. The van der Waals surface area contributed by atoms with Crippen LogP contribution in [0, 0.1) is 0 Å². The first kappa shape index (κ1) is 22.1. The second kappa shape index (κ2) is 10.9. The lowest BCUT2D eigenvalue weighted by Gasteiger charge is -2.17. The molecule has 1 aliphatic carbocycles. The predicted octanol–water partition coefficient (Wildman–Crippen LogP) is 4.70. The lowest BCUT2D eigenvalue weighted by molar-refractivity contribution is 0.362. The zero-order valence-electron chi connectivity index (χ0n) is 17.2. The van der Waals surface area contributed by atoms with Crippen LogP contribution in [-0.2, 0) is 6.54 Å². The third-order valence-corrected chi connectivity index (χ3v) is 5.32. The molecule has 0 saturated heterocycles. The molecule has 0 unspecified atom stereocenters. The van der Waals surface area contributed by atoms with Gasteiger partial charge in [0.2, 0.25) is 0 Å². The summed E-state index contributed by atoms with van der Waals surface area (Å²) in [7, 11) is 1.64. The van der Waals surface area contributed by atoms with Crippen molar-refractivity contribution in [1.82, 2.24) is 25.5 Å². The molecule has 0 aliphatic heterocycles. The number of aromatic nitrogens is 4. The van der Waals surface area contributed by atoms with E-state index in [0.717, 1.165) is 12.2 Å². The number of hydrogen-bond acceptors (Lipinski definition) is 6. The summed E-state index contributed by atoms with van der Waals surface area (Å²) in [4.78, 5) is 0. The fourth-order valence-corrected chi connectivity index (χ4v) is 3.72. The van der Waals surface area contributed by atoms with Crippen LogP contribution in [0.2, 0.25) is 0 Å². The molecule has 2 aromatic carbocycles. The molecule has 7 nitrogen and oxygen atoms in total. The van der Waals surface area contributed by atoms with Gasteiger partial charge in [-0.2, -0.15) is 4.68 Å². The van der Waals surface area contributed by atoms with Crippen LogP contribution in [0.15, 0.2) is 48.5 Å². The van der Waals surface area contributed by atoms with Crippen molar-refractivity contribution in [2.75, 3.05) is 7.11 Å². The normalized spacial score (nSPS) is 14.6. The summed E-state index contributed by atoms with van der Waals surface area (Å²) in [5.41, 5.74) is 2.00. The van der Waals surface area contributed by atoms with E-state index >= 15 is 0 Å². The van der Waals surface area contributed by atoms with Gasteiger partial charge in [-0.1, -0.05) is 55.0 Å². The summed E-state index contributed by atoms with van der Waals surface area (Å²) in [6, 6.07) is 16.5. The number of ether oxygens (including phenoxy) is 2. The molecule has 1 saturated carbocycles. The van der Waals surface area contributed by atoms with Crippen LogP contribution in [0.5, 0.6) is 17.5 Å². The van der Waals surface area contributed by atoms with E-state index in [-0.39, 0.29) is 12.4 Å². The molecule has 1 aliphatic rings. The number of nitrogens with zero attached hydrogens (tertiary/aromatic N) is 4. The van der Waals surface area contributed by atoms with Gasteiger partial charge in [-0.05, 0) is 53.1 Å². The number of nitrogens with one attached hydrogen (secondary N) is 1. The molecule has 4 rings (SSSR count). The number of rotatable bonds is 7.